The van der Waals surface area contributed by atoms with Crippen LogP contribution in [-0.2, 0) is 9.59 Å². The summed E-state index contributed by atoms with van der Waals surface area (Å²) in [5.41, 5.74) is 3.75. The van der Waals surface area contributed by atoms with E-state index in [2.05, 4.69) is 0 Å². The van der Waals surface area contributed by atoms with Gasteiger partial charge in [-0.1, -0.05) is 23.5 Å². The Morgan fingerprint density at radius 1 is 0.975 bits per heavy atom. The van der Waals surface area contributed by atoms with Gasteiger partial charge in [0.1, 0.15) is 11.5 Å². The molecule has 0 aliphatic carbocycles. The number of hydrogen-bond donors (Lipinski definition) is 1. The predicted octanol–water partition coefficient (Wildman–Crippen LogP) is 6.35. The normalized spacial score (nSPS) is 16.5. The molecule has 2 heterocycles. The van der Waals surface area contributed by atoms with Gasteiger partial charge in [0.05, 0.1) is 42.2 Å². The highest BCUT2D eigenvalue weighted by atomic mass is 32.1. The smallest absolute Gasteiger partial charge is 0.301 e. The predicted molar refractivity (Wildman–Crippen MR) is 156 cm³/mol. The molecule has 1 amide bonds. The maximum atomic E-state index is 13.7. The van der Waals surface area contributed by atoms with Crippen molar-refractivity contribution in [1.29, 1.82) is 0 Å². The van der Waals surface area contributed by atoms with Crippen LogP contribution in [0.2, 0.25) is 0 Å². The van der Waals surface area contributed by atoms with Gasteiger partial charge in [0.25, 0.3) is 5.78 Å². The molecule has 8 nitrogen and oxygen atoms in total. The van der Waals surface area contributed by atoms with E-state index in [9.17, 15) is 14.7 Å². The molecule has 1 aromatic heterocycles. The number of hydrogen-bond acceptors (Lipinski definition) is 8. The molecular weight excluding hydrogens is 528 g/mol. The van der Waals surface area contributed by atoms with Crippen LogP contribution < -0.4 is 19.1 Å². The fourth-order valence-electron chi connectivity index (χ4n) is 4.95. The molecule has 206 valence electrons. The molecule has 4 aromatic rings. The Kier molecular flexibility index (Phi) is 7.49. The molecule has 0 bridgehead atoms. The van der Waals surface area contributed by atoms with Gasteiger partial charge < -0.3 is 19.3 Å². The van der Waals surface area contributed by atoms with Crippen molar-refractivity contribution < 1.29 is 28.9 Å². The summed E-state index contributed by atoms with van der Waals surface area (Å²) in [7, 11) is 1.55. The van der Waals surface area contributed by atoms with Crippen LogP contribution in [-0.4, -0.2) is 42.1 Å². The highest BCUT2D eigenvalue weighted by molar-refractivity contribution is 7.22. The second-order valence-electron chi connectivity index (χ2n) is 9.39. The van der Waals surface area contributed by atoms with Crippen molar-refractivity contribution in [1.82, 2.24) is 4.98 Å². The van der Waals surface area contributed by atoms with E-state index in [0.29, 0.717) is 46.7 Å². The zero-order chi connectivity index (χ0) is 28.6. The van der Waals surface area contributed by atoms with Crippen LogP contribution in [0.15, 0.2) is 60.2 Å². The van der Waals surface area contributed by atoms with Crippen LogP contribution in [0.5, 0.6) is 17.2 Å². The number of anilines is 1. The molecule has 3 aromatic carbocycles. The minimum absolute atomic E-state index is 0.0334. The summed E-state index contributed by atoms with van der Waals surface area (Å²) in [6.45, 7) is 8.55. The molecular formula is C31H30N2O6S. The molecule has 5 rings (SSSR count). The maximum absolute atomic E-state index is 13.7. The third-order valence-corrected chi connectivity index (χ3v) is 7.72. The molecule has 40 heavy (non-hydrogen) atoms. The van der Waals surface area contributed by atoms with Crippen molar-refractivity contribution in [2.24, 2.45) is 0 Å². The third-order valence-electron chi connectivity index (χ3n) is 6.72. The van der Waals surface area contributed by atoms with E-state index in [1.54, 1.807) is 49.6 Å². The van der Waals surface area contributed by atoms with Crippen molar-refractivity contribution in [3.8, 4) is 17.2 Å². The van der Waals surface area contributed by atoms with Gasteiger partial charge in [0.15, 0.2) is 16.6 Å². The number of fused-ring (bicyclic) bond motifs is 1. The molecule has 1 saturated heterocycles. The third kappa shape index (κ3) is 4.77. The number of aliphatic hydroxyl groups is 1. The highest BCUT2D eigenvalue weighted by Gasteiger charge is 2.48. The van der Waals surface area contributed by atoms with E-state index in [1.807, 2.05) is 39.8 Å². The molecule has 1 fully saturated rings. The fraction of sp³-hybridized carbons (Fsp3) is 0.258. The Hall–Kier alpha value is -4.37. The van der Waals surface area contributed by atoms with E-state index >= 15 is 0 Å². The lowest BCUT2D eigenvalue weighted by Gasteiger charge is -2.24. The summed E-state index contributed by atoms with van der Waals surface area (Å²) < 4.78 is 17.7. The zero-order valence-electron chi connectivity index (χ0n) is 23.0. The number of thiazole rings is 1. The maximum Gasteiger partial charge on any atom is 0.301 e. The monoisotopic (exact) mass is 558 g/mol. The van der Waals surface area contributed by atoms with Crippen LogP contribution in [0.3, 0.4) is 0 Å². The van der Waals surface area contributed by atoms with Crippen LogP contribution in [0.1, 0.15) is 42.1 Å². The van der Waals surface area contributed by atoms with E-state index in [4.69, 9.17) is 19.2 Å². The Balaban J connectivity index is 1.74. The first-order valence-electron chi connectivity index (χ1n) is 13.0. The van der Waals surface area contributed by atoms with Gasteiger partial charge in [-0.2, -0.15) is 0 Å². The highest BCUT2D eigenvalue weighted by Crippen LogP contribution is 2.46. The number of carbonyl (C=O) groups excluding carboxylic acids is 2. The quantitative estimate of drug-likeness (QED) is 0.153. The SMILES string of the molecule is CCOc1ccc(C2/C(=C(\O)c3ccc(OC)cc3)C(=O)C(=O)N2c2nc3c(C)cc(C)cc3s2)cc1OCC. The lowest BCUT2D eigenvalue weighted by molar-refractivity contribution is -0.132. The number of nitrogens with zero attached hydrogens (tertiary/aromatic N) is 2. The Morgan fingerprint density at radius 3 is 2.35 bits per heavy atom. The number of benzene rings is 3. The number of ketones is 1. The zero-order valence-corrected chi connectivity index (χ0v) is 23.8. The van der Waals surface area contributed by atoms with Gasteiger partial charge in [-0.05, 0) is 86.8 Å². The van der Waals surface area contributed by atoms with Crippen molar-refractivity contribution in [3.63, 3.8) is 0 Å². The summed E-state index contributed by atoms with van der Waals surface area (Å²) in [4.78, 5) is 33.4. The molecule has 1 aliphatic heterocycles. The number of amides is 1. The number of ether oxygens (including phenoxy) is 3. The standard InChI is InChI=1S/C31H30N2O6S/c1-6-38-22-13-10-20(16-23(22)39-7-2)27-25(28(34)19-8-11-21(37-5)12-9-19)29(35)30(36)33(27)31-32-26-18(4)14-17(3)15-24(26)40-31/h8-16,27,34H,6-7H2,1-5H3/b28-25+. The largest absolute Gasteiger partial charge is 0.507 e. The second-order valence-corrected chi connectivity index (χ2v) is 10.4. The van der Waals surface area contributed by atoms with E-state index in [1.165, 1.54) is 16.2 Å². The lowest BCUT2D eigenvalue weighted by atomic mass is 9.95. The summed E-state index contributed by atoms with van der Waals surface area (Å²) in [6.07, 6.45) is 0. The van der Waals surface area contributed by atoms with Crippen LogP contribution >= 0.6 is 11.3 Å². The number of methoxy groups -OCH3 is 1. The first-order chi connectivity index (χ1) is 19.3. The van der Waals surface area contributed by atoms with E-state index in [-0.39, 0.29) is 11.3 Å². The van der Waals surface area contributed by atoms with Gasteiger partial charge in [-0.3, -0.25) is 14.5 Å². The summed E-state index contributed by atoms with van der Waals surface area (Å²) in [5, 5.41) is 11.8. The topological polar surface area (TPSA) is 98.2 Å². The van der Waals surface area contributed by atoms with E-state index < -0.39 is 17.7 Å². The molecule has 0 radical (unpaired) electrons. The average Bonchev–Trinajstić information content (AvgIpc) is 3.48. The minimum atomic E-state index is -0.945. The van der Waals surface area contributed by atoms with Crippen LogP contribution in [0.25, 0.3) is 16.0 Å². The van der Waals surface area contributed by atoms with Crippen molar-refractivity contribution in [3.05, 3.63) is 82.4 Å². The number of aryl methyl sites for hydroxylation is 2. The fourth-order valence-corrected chi connectivity index (χ4v) is 6.12. The van der Waals surface area contributed by atoms with Gasteiger partial charge in [0.2, 0.25) is 0 Å². The van der Waals surface area contributed by atoms with Crippen LogP contribution in [0.4, 0.5) is 5.13 Å². The minimum Gasteiger partial charge on any atom is -0.507 e. The molecule has 0 spiro atoms. The molecule has 1 atom stereocenters. The average molecular weight is 559 g/mol. The number of aliphatic hydroxyl groups excluding tert-OH is 1. The Morgan fingerprint density at radius 2 is 1.68 bits per heavy atom. The first-order valence-corrected chi connectivity index (χ1v) is 13.8. The van der Waals surface area contributed by atoms with Crippen LogP contribution in [0, 0.1) is 13.8 Å². The number of aromatic nitrogens is 1. The number of Topliss-reactive ketones (excluding diaryl/α,β-unsaturated/α-hetero) is 1. The summed E-state index contributed by atoms with van der Waals surface area (Å²) >= 11 is 1.33. The Bertz CT molecular complexity index is 1640. The van der Waals surface area contributed by atoms with E-state index in [0.717, 1.165) is 21.3 Å². The molecule has 0 saturated carbocycles. The van der Waals surface area contributed by atoms with Crippen molar-refractivity contribution >= 4 is 44.1 Å². The first kappa shape index (κ1) is 27.2. The van der Waals surface area contributed by atoms with Gasteiger partial charge in [-0.25, -0.2) is 4.98 Å². The second kappa shape index (κ2) is 11.0. The Labute approximate surface area is 236 Å². The number of carbonyl (C=O) groups is 2. The number of rotatable bonds is 8. The molecule has 1 N–H and O–H groups in total. The van der Waals surface area contributed by atoms with Crippen molar-refractivity contribution in [2.75, 3.05) is 25.2 Å². The lowest BCUT2D eigenvalue weighted by Crippen LogP contribution is -2.29. The van der Waals surface area contributed by atoms with Gasteiger partial charge >= 0.3 is 5.91 Å². The summed E-state index contributed by atoms with van der Waals surface area (Å²) in [6, 6.07) is 15.0. The summed E-state index contributed by atoms with van der Waals surface area (Å²) in [5.74, 6) is -0.216. The molecule has 1 aliphatic rings. The van der Waals surface area contributed by atoms with Gasteiger partial charge in [-0.15, -0.1) is 0 Å². The molecule has 9 heteroatoms. The van der Waals surface area contributed by atoms with Gasteiger partial charge in [0, 0.05) is 5.56 Å². The van der Waals surface area contributed by atoms with Crippen molar-refractivity contribution in [2.45, 2.75) is 33.7 Å². The molecule has 1 unspecified atom stereocenters.